The molecule has 0 heterocycles. The Balaban J connectivity index is 2.33. The average molecular weight is 451 g/mol. The van der Waals surface area contributed by atoms with E-state index in [2.05, 4.69) is 39.0 Å². The first-order valence-corrected chi connectivity index (χ1v) is 12.1. The fraction of sp³-hybridized carbons (Fsp3) is 0.731. The fourth-order valence-electron chi connectivity index (χ4n) is 3.95. The highest BCUT2D eigenvalue weighted by atomic mass is 16.5. The summed E-state index contributed by atoms with van der Waals surface area (Å²) in [5.74, 6) is -0.992. The van der Waals surface area contributed by atoms with Crippen LogP contribution in [-0.4, -0.2) is 40.6 Å². The van der Waals surface area contributed by atoms with Gasteiger partial charge < -0.3 is 14.9 Å². The van der Waals surface area contributed by atoms with E-state index in [1.54, 1.807) is 0 Å². The minimum atomic E-state index is -1.00. The second-order valence-electron chi connectivity index (χ2n) is 9.51. The molecule has 0 amide bonds. The van der Waals surface area contributed by atoms with Gasteiger partial charge in [-0.1, -0.05) is 57.9 Å². The maximum absolute atomic E-state index is 12.3. The number of esters is 1. The summed E-state index contributed by atoms with van der Waals surface area (Å²) in [6.45, 7) is 6.64. The first-order valence-electron chi connectivity index (χ1n) is 12.1. The van der Waals surface area contributed by atoms with Gasteiger partial charge in [-0.25, -0.2) is 0 Å². The molecule has 0 aromatic rings. The zero-order valence-electron chi connectivity index (χ0n) is 20.1. The van der Waals surface area contributed by atoms with E-state index in [4.69, 9.17) is 9.84 Å². The molecule has 1 rings (SSSR count). The summed E-state index contributed by atoms with van der Waals surface area (Å²) in [5, 5.41) is 19.1. The van der Waals surface area contributed by atoms with Gasteiger partial charge in [-0.15, -0.1) is 0 Å². The molecule has 1 aliphatic rings. The lowest BCUT2D eigenvalue weighted by Gasteiger charge is -2.29. The van der Waals surface area contributed by atoms with Crippen LogP contribution in [0.15, 0.2) is 24.3 Å². The highest BCUT2D eigenvalue weighted by Crippen LogP contribution is 2.34. The first kappa shape index (κ1) is 28.1. The van der Waals surface area contributed by atoms with E-state index in [0.717, 1.165) is 44.9 Å². The number of carbonyl (C=O) groups excluding carboxylic acids is 2. The van der Waals surface area contributed by atoms with Gasteiger partial charge in [-0.3, -0.25) is 14.4 Å². The lowest BCUT2D eigenvalue weighted by molar-refractivity contribution is -0.147. The lowest BCUT2D eigenvalue weighted by Crippen LogP contribution is -2.27. The van der Waals surface area contributed by atoms with Crippen molar-refractivity contribution in [2.24, 2.45) is 17.3 Å². The summed E-state index contributed by atoms with van der Waals surface area (Å²) in [5.41, 5.74) is -0.158. The molecule has 1 aliphatic carbocycles. The molecule has 1 saturated carbocycles. The smallest absolute Gasteiger partial charge is 0.306 e. The third kappa shape index (κ3) is 11.1. The molecule has 0 radical (unpaired) electrons. The highest BCUT2D eigenvalue weighted by Gasteiger charge is 2.32. The van der Waals surface area contributed by atoms with Gasteiger partial charge in [-0.05, 0) is 49.9 Å². The van der Waals surface area contributed by atoms with Gasteiger partial charge in [0.05, 0.1) is 25.6 Å². The Labute approximate surface area is 193 Å². The predicted molar refractivity (Wildman–Crippen MR) is 125 cm³/mol. The molecule has 0 aromatic heterocycles. The summed E-state index contributed by atoms with van der Waals surface area (Å²) in [7, 11) is 0. The molecule has 0 bridgehead atoms. The van der Waals surface area contributed by atoms with Gasteiger partial charge in [0.2, 0.25) is 0 Å². The third-order valence-electron chi connectivity index (χ3n) is 6.30. The Hall–Kier alpha value is -1.95. The largest absolute Gasteiger partial charge is 0.481 e. The first-order chi connectivity index (χ1) is 15.2. The van der Waals surface area contributed by atoms with E-state index in [0.29, 0.717) is 25.2 Å². The van der Waals surface area contributed by atoms with Gasteiger partial charge in [0.25, 0.3) is 0 Å². The molecule has 6 nitrogen and oxygen atoms in total. The number of Topliss-reactive ketones (excluding diaryl/α,β-unsaturated/α-hetero) is 1. The quantitative estimate of drug-likeness (QED) is 0.189. The number of aliphatic hydroxyl groups excluding tert-OH is 1. The molecule has 182 valence electrons. The van der Waals surface area contributed by atoms with Crippen molar-refractivity contribution in [2.45, 2.75) is 97.5 Å². The predicted octanol–water partition coefficient (Wildman–Crippen LogP) is 5.24. The van der Waals surface area contributed by atoms with Crippen molar-refractivity contribution in [1.82, 2.24) is 0 Å². The van der Waals surface area contributed by atoms with Crippen LogP contribution in [0, 0.1) is 17.3 Å². The topological polar surface area (TPSA) is 101 Å². The van der Waals surface area contributed by atoms with Crippen molar-refractivity contribution in [1.29, 1.82) is 0 Å². The molecule has 0 saturated heterocycles. The molecular formula is C26H42O6. The zero-order valence-corrected chi connectivity index (χ0v) is 20.1. The van der Waals surface area contributed by atoms with Crippen LogP contribution >= 0.6 is 0 Å². The van der Waals surface area contributed by atoms with Gasteiger partial charge in [0.15, 0.2) is 0 Å². The molecule has 32 heavy (non-hydrogen) atoms. The van der Waals surface area contributed by atoms with Crippen molar-refractivity contribution in [3.8, 4) is 0 Å². The molecule has 0 unspecified atom stereocenters. The average Bonchev–Trinajstić information content (AvgIpc) is 3.10. The molecule has 1 fully saturated rings. The minimum absolute atomic E-state index is 0.0105. The molecule has 0 spiro atoms. The number of aliphatic carboxylic acids is 1. The van der Waals surface area contributed by atoms with E-state index < -0.39 is 18.0 Å². The molecular weight excluding hydrogens is 408 g/mol. The van der Waals surface area contributed by atoms with Crippen LogP contribution in [-0.2, 0) is 19.1 Å². The van der Waals surface area contributed by atoms with E-state index in [1.165, 1.54) is 0 Å². The number of rotatable bonds is 16. The van der Waals surface area contributed by atoms with Gasteiger partial charge >= 0.3 is 11.9 Å². The number of ketones is 1. The Morgan fingerprint density at radius 1 is 1.19 bits per heavy atom. The SMILES string of the molecule is CCCCC(C)(C)[C@H](O)C=C[C@H]1CCC(=O)[C@@H]1CC=CCCCCOC(=O)CCC(=O)O. The normalized spacial score (nSPS) is 20.3. The Bertz CT molecular complexity index is 649. The minimum Gasteiger partial charge on any atom is -0.481 e. The molecule has 6 heteroatoms. The molecule has 0 aliphatic heterocycles. The van der Waals surface area contributed by atoms with E-state index in [1.807, 2.05) is 6.08 Å². The number of unbranched alkanes of at least 4 members (excludes halogenated alkanes) is 3. The van der Waals surface area contributed by atoms with Crippen molar-refractivity contribution >= 4 is 17.7 Å². The van der Waals surface area contributed by atoms with Crippen molar-refractivity contribution in [3.63, 3.8) is 0 Å². The van der Waals surface area contributed by atoms with Crippen molar-refractivity contribution in [2.75, 3.05) is 6.61 Å². The second-order valence-corrected chi connectivity index (χ2v) is 9.51. The summed E-state index contributed by atoms with van der Waals surface area (Å²) < 4.78 is 5.00. The maximum atomic E-state index is 12.3. The number of hydrogen-bond donors (Lipinski definition) is 2. The Morgan fingerprint density at radius 3 is 2.62 bits per heavy atom. The Morgan fingerprint density at radius 2 is 1.94 bits per heavy atom. The van der Waals surface area contributed by atoms with Crippen LogP contribution in [0.2, 0.25) is 0 Å². The highest BCUT2D eigenvalue weighted by molar-refractivity contribution is 5.83. The second kappa shape index (κ2) is 15.0. The Kier molecular flexibility index (Phi) is 13.2. The summed E-state index contributed by atoms with van der Waals surface area (Å²) in [6, 6.07) is 0. The van der Waals surface area contributed by atoms with Crippen LogP contribution in [0.1, 0.15) is 91.4 Å². The number of ether oxygens (including phenoxy) is 1. The number of aliphatic hydroxyl groups is 1. The fourth-order valence-corrected chi connectivity index (χ4v) is 3.95. The van der Waals surface area contributed by atoms with Crippen molar-refractivity contribution in [3.05, 3.63) is 24.3 Å². The van der Waals surface area contributed by atoms with Crippen LogP contribution < -0.4 is 0 Å². The number of hydrogen-bond acceptors (Lipinski definition) is 5. The van der Waals surface area contributed by atoms with Crippen LogP contribution in [0.3, 0.4) is 0 Å². The number of carboxylic acids is 1. The van der Waals surface area contributed by atoms with Gasteiger partial charge in [0.1, 0.15) is 5.78 Å². The number of carbonyl (C=O) groups is 3. The summed E-state index contributed by atoms with van der Waals surface area (Å²) in [6.07, 6.45) is 15.1. The maximum Gasteiger partial charge on any atom is 0.306 e. The molecule has 0 aromatic carbocycles. The van der Waals surface area contributed by atoms with E-state index >= 15 is 0 Å². The monoisotopic (exact) mass is 450 g/mol. The van der Waals surface area contributed by atoms with Crippen LogP contribution in [0.5, 0.6) is 0 Å². The van der Waals surface area contributed by atoms with Gasteiger partial charge in [-0.2, -0.15) is 0 Å². The summed E-state index contributed by atoms with van der Waals surface area (Å²) >= 11 is 0. The molecule has 3 atom stereocenters. The zero-order chi connectivity index (χ0) is 24.0. The third-order valence-corrected chi connectivity index (χ3v) is 6.30. The van der Waals surface area contributed by atoms with E-state index in [-0.39, 0.29) is 30.1 Å². The van der Waals surface area contributed by atoms with E-state index in [9.17, 15) is 19.5 Å². The number of allylic oxidation sites excluding steroid dienone is 3. The van der Waals surface area contributed by atoms with Crippen LogP contribution in [0.25, 0.3) is 0 Å². The number of carboxylic acid groups (broad SMARTS) is 1. The van der Waals surface area contributed by atoms with Crippen LogP contribution in [0.4, 0.5) is 0 Å². The molecule has 2 N–H and O–H groups in total. The van der Waals surface area contributed by atoms with Crippen molar-refractivity contribution < 1.29 is 29.3 Å². The summed E-state index contributed by atoms with van der Waals surface area (Å²) in [4.78, 5) is 34.1. The lowest BCUT2D eigenvalue weighted by atomic mass is 9.80. The van der Waals surface area contributed by atoms with Gasteiger partial charge in [0, 0.05) is 12.3 Å². The standard InChI is InChI=1S/C26H42O6/c1-4-5-18-26(2,3)23(28)15-13-20-12-14-22(27)21(20)11-9-7-6-8-10-19-32-25(31)17-16-24(29)30/h7,9,13,15,20-21,23,28H,4-6,8,10-12,14,16-19H2,1-3H3,(H,29,30)/t20-,21-,23-/m1/s1.